The molecule has 1 heterocycles. The molecule has 20 heavy (non-hydrogen) atoms. The average molecular weight is 275 g/mol. The Morgan fingerprint density at radius 3 is 2.40 bits per heavy atom. The molecule has 0 radical (unpaired) electrons. The zero-order valence-corrected chi connectivity index (χ0v) is 13.4. The van der Waals surface area contributed by atoms with Crippen molar-refractivity contribution < 1.29 is 0 Å². The van der Waals surface area contributed by atoms with Crippen LogP contribution in [0.3, 0.4) is 0 Å². The molecule has 1 aromatic carbocycles. The van der Waals surface area contributed by atoms with Crippen LogP contribution in [-0.4, -0.2) is 43.2 Å². The molecule has 3 nitrogen and oxygen atoms in total. The highest BCUT2D eigenvalue weighted by Gasteiger charge is 2.24. The van der Waals surface area contributed by atoms with Crippen molar-refractivity contribution in [1.82, 2.24) is 4.90 Å². The van der Waals surface area contributed by atoms with Gasteiger partial charge in [-0.25, -0.2) is 0 Å². The summed E-state index contributed by atoms with van der Waals surface area (Å²) in [4.78, 5) is 5.05. The van der Waals surface area contributed by atoms with Gasteiger partial charge in [-0.05, 0) is 44.4 Å². The van der Waals surface area contributed by atoms with Gasteiger partial charge in [0.1, 0.15) is 0 Å². The summed E-state index contributed by atoms with van der Waals surface area (Å²) in [6, 6.07) is 7.39. The molecule has 112 valence electrons. The SMILES string of the molecule is CCC(N)C(C)N1CCN(c2cccc(C)c2C)CC1. The highest BCUT2D eigenvalue weighted by molar-refractivity contribution is 5.56. The number of hydrogen-bond acceptors (Lipinski definition) is 3. The minimum atomic E-state index is 0.294. The first-order valence-electron chi connectivity index (χ1n) is 7.85. The summed E-state index contributed by atoms with van der Waals surface area (Å²) in [5, 5.41) is 0. The molecule has 0 aromatic heterocycles. The smallest absolute Gasteiger partial charge is 0.0399 e. The van der Waals surface area contributed by atoms with Crippen LogP contribution in [0.1, 0.15) is 31.4 Å². The molecule has 2 rings (SSSR count). The third-order valence-electron chi connectivity index (χ3n) is 4.90. The van der Waals surface area contributed by atoms with E-state index in [0.717, 1.165) is 32.6 Å². The summed E-state index contributed by atoms with van der Waals surface area (Å²) >= 11 is 0. The number of rotatable bonds is 4. The van der Waals surface area contributed by atoms with Gasteiger partial charge >= 0.3 is 0 Å². The van der Waals surface area contributed by atoms with E-state index in [1.807, 2.05) is 0 Å². The summed E-state index contributed by atoms with van der Waals surface area (Å²) in [7, 11) is 0. The lowest BCUT2D eigenvalue weighted by Gasteiger charge is -2.41. The Labute approximate surface area is 123 Å². The van der Waals surface area contributed by atoms with Crippen LogP contribution in [0, 0.1) is 13.8 Å². The molecule has 0 amide bonds. The molecule has 3 heteroatoms. The Morgan fingerprint density at radius 2 is 1.80 bits per heavy atom. The van der Waals surface area contributed by atoms with Crippen LogP contribution in [-0.2, 0) is 0 Å². The molecule has 1 aliphatic rings. The number of nitrogens with zero attached hydrogens (tertiary/aromatic N) is 2. The Balaban J connectivity index is 1.99. The third-order valence-corrected chi connectivity index (χ3v) is 4.90. The second-order valence-corrected chi connectivity index (χ2v) is 6.05. The highest BCUT2D eigenvalue weighted by atomic mass is 15.3. The zero-order valence-electron chi connectivity index (χ0n) is 13.4. The van der Waals surface area contributed by atoms with Gasteiger partial charge in [-0.3, -0.25) is 4.90 Å². The van der Waals surface area contributed by atoms with Crippen molar-refractivity contribution in [1.29, 1.82) is 0 Å². The third kappa shape index (κ3) is 3.15. The Morgan fingerprint density at radius 1 is 1.15 bits per heavy atom. The number of hydrogen-bond donors (Lipinski definition) is 1. The number of aryl methyl sites for hydroxylation is 1. The van der Waals surface area contributed by atoms with Gasteiger partial charge in [0.05, 0.1) is 0 Å². The van der Waals surface area contributed by atoms with Crippen molar-refractivity contribution in [3.8, 4) is 0 Å². The van der Waals surface area contributed by atoms with E-state index >= 15 is 0 Å². The summed E-state index contributed by atoms with van der Waals surface area (Å²) < 4.78 is 0. The zero-order chi connectivity index (χ0) is 14.7. The van der Waals surface area contributed by atoms with Crippen molar-refractivity contribution in [2.75, 3.05) is 31.1 Å². The lowest BCUT2D eigenvalue weighted by atomic mass is 10.0. The topological polar surface area (TPSA) is 32.5 Å². The van der Waals surface area contributed by atoms with E-state index in [1.165, 1.54) is 16.8 Å². The number of benzene rings is 1. The van der Waals surface area contributed by atoms with Crippen LogP contribution in [0.2, 0.25) is 0 Å². The molecule has 1 aromatic rings. The largest absolute Gasteiger partial charge is 0.369 e. The van der Waals surface area contributed by atoms with E-state index in [4.69, 9.17) is 5.73 Å². The van der Waals surface area contributed by atoms with Crippen molar-refractivity contribution in [2.45, 2.75) is 46.2 Å². The van der Waals surface area contributed by atoms with Gasteiger partial charge in [0.15, 0.2) is 0 Å². The Bertz CT molecular complexity index is 436. The van der Waals surface area contributed by atoms with E-state index in [2.05, 4.69) is 55.7 Å². The summed E-state index contributed by atoms with van der Waals surface area (Å²) in [5.41, 5.74) is 10.4. The maximum Gasteiger partial charge on any atom is 0.0399 e. The molecule has 0 spiro atoms. The van der Waals surface area contributed by atoms with E-state index in [0.29, 0.717) is 12.1 Å². The second-order valence-electron chi connectivity index (χ2n) is 6.05. The molecule has 2 atom stereocenters. The van der Waals surface area contributed by atoms with Gasteiger partial charge < -0.3 is 10.6 Å². The van der Waals surface area contributed by atoms with Crippen LogP contribution >= 0.6 is 0 Å². The van der Waals surface area contributed by atoms with E-state index in [-0.39, 0.29) is 0 Å². The molecule has 0 bridgehead atoms. The fourth-order valence-electron chi connectivity index (χ4n) is 3.06. The van der Waals surface area contributed by atoms with Gasteiger partial charge in [0.25, 0.3) is 0 Å². The fraction of sp³-hybridized carbons (Fsp3) is 0.647. The molecule has 1 aliphatic heterocycles. The van der Waals surface area contributed by atoms with Gasteiger partial charge in [0.2, 0.25) is 0 Å². The predicted octanol–water partition coefficient (Wildman–Crippen LogP) is 2.55. The summed E-state index contributed by atoms with van der Waals surface area (Å²) in [6.07, 6.45) is 1.05. The quantitative estimate of drug-likeness (QED) is 0.916. The molecular weight excluding hydrogens is 246 g/mol. The van der Waals surface area contributed by atoms with Crippen LogP contribution in [0.25, 0.3) is 0 Å². The van der Waals surface area contributed by atoms with Crippen molar-refractivity contribution in [3.05, 3.63) is 29.3 Å². The molecule has 0 aliphatic carbocycles. The molecule has 2 unspecified atom stereocenters. The minimum absolute atomic E-state index is 0.294. The van der Waals surface area contributed by atoms with Crippen LogP contribution in [0.5, 0.6) is 0 Å². The molecule has 2 N–H and O–H groups in total. The standard InChI is InChI=1S/C17H29N3/c1-5-16(18)15(4)19-9-11-20(12-10-19)17-8-6-7-13(2)14(17)3/h6-8,15-16H,5,9-12,18H2,1-4H3. The Hall–Kier alpha value is -1.06. The molecular formula is C17H29N3. The van der Waals surface area contributed by atoms with Crippen molar-refractivity contribution in [2.24, 2.45) is 5.73 Å². The minimum Gasteiger partial charge on any atom is -0.369 e. The van der Waals surface area contributed by atoms with Gasteiger partial charge in [0, 0.05) is 44.0 Å². The van der Waals surface area contributed by atoms with E-state index in [9.17, 15) is 0 Å². The number of nitrogens with two attached hydrogens (primary N) is 1. The van der Waals surface area contributed by atoms with Crippen LogP contribution in [0.4, 0.5) is 5.69 Å². The lowest BCUT2D eigenvalue weighted by Crippen LogP contribution is -2.54. The predicted molar refractivity (Wildman–Crippen MR) is 87.4 cm³/mol. The normalized spacial score (nSPS) is 19.9. The van der Waals surface area contributed by atoms with Crippen LogP contribution < -0.4 is 10.6 Å². The number of piperazine rings is 1. The maximum absolute atomic E-state index is 6.18. The summed E-state index contributed by atoms with van der Waals surface area (Å²) in [5.74, 6) is 0. The Kier molecular flexibility index (Phi) is 5.06. The first-order valence-corrected chi connectivity index (χ1v) is 7.85. The maximum atomic E-state index is 6.18. The molecule has 0 saturated carbocycles. The average Bonchev–Trinajstić information content (AvgIpc) is 2.48. The van der Waals surface area contributed by atoms with E-state index < -0.39 is 0 Å². The monoisotopic (exact) mass is 275 g/mol. The lowest BCUT2D eigenvalue weighted by molar-refractivity contribution is 0.172. The molecule has 1 fully saturated rings. The van der Waals surface area contributed by atoms with Gasteiger partial charge in [-0.15, -0.1) is 0 Å². The summed E-state index contributed by atoms with van der Waals surface area (Å²) in [6.45, 7) is 13.3. The van der Waals surface area contributed by atoms with Crippen molar-refractivity contribution >= 4 is 5.69 Å². The van der Waals surface area contributed by atoms with Crippen molar-refractivity contribution in [3.63, 3.8) is 0 Å². The fourth-order valence-corrected chi connectivity index (χ4v) is 3.06. The van der Waals surface area contributed by atoms with Crippen LogP contribution in [0.15, 0.2) is 18.2 Å². The molecule has 1 saturated heterocycles. The highest BCUT2D eigenvalue weighted by Crippen LogP contribution is 2.24. The van der Waals surface area contributed by atoms with Gasteiger partial charge in [-0.1, -0.05) is 19.1 Å². The van der Waals surface area contributed by atoms with E-state index in [1.54, 1.807) is 0 Å². The second kappa shape index (κ2) is 6.59. The van der Waals surface area contributed by atoms with Gasteiger partial charge in [-0.2, -0.15) is 0 Å². The number of anilines is 1. The first kappa shape index (κ1) is 15.3. The first-order chi connectivity index (χ1) is 9.54.